The quantitative estimate of drug-likeness (QED) is 0.595. The molecular weight excluding hydrogens is 216 g/mol. The van der Waals surface area contributed by atoms with Crippen LogP contribution in [0.2, 0.25) is 0 Å². The zero-order valence-corrected chi connectivity index (χ0v) is 11.5. The van der Waals surface area contributed by atoms with Gasteiger partial charge < -0.3 is 14.6 Å². The summed E-state index contributed by atoms with van der Waals surface area (Å²) in [5, 5.41) is 10.5. The molecule has 0 atom stereocenters. The molecule has 0 saturated heterocycles. The van der Waals surface area contributed by atoms with E-state index in [4.69, 9.17) is 9.47 Å². The normalized spacial score (nSPS) is 30.9. The monoisotopic (exact) mass is 242 g/mol. The van der Waals surface area contributed by atoms with Crippen molar-refractivity contribution in [2.45, 2.75) is 57.8 Å². The fourth-order valence-corrected chi connectivity index (χ4v) is 2.45. The van der Waals surface area contributed by atoms with Gasteiger partial charge in [-0.3, -0.25) is 0 Å². The van der Waals surface area contributed by atoms with Crippen LogP contribution in [0.1, 0.15) is 46.0 Å². The Hall–Kier alpha value is -0.380. The molecule has 0 spiro atoms. The van der Waals surface area contributed by atoms with Crippen LogP contribution in [0, 0.1) is 5.92 Å². The standard InChI is InChI=1S/C14H26O3/c1-11-5-7-14(15,8-6-11)10-12(2)9-13(16-3)17-4/h10-11,13,15H,5-9H2,1-4H3/b12-10-. The minimum Gasteiger partial charge on any atom is -0.386 e. The molecule has 0 heterocycles. The van der Waals surface area contributed by atoms with E-state index in [-0.39, 0.29) is 6.29 Å². The highest BCUT2D eigenvalue weighted by atomic mass is 16.7. The summed E-state index contributed by atoms with van der Waals surface area (Å²) >= 11 is 0. The molecule has 0 aromatic rings. The molecule has 17 heavy (non-hydrogen) atoms. The van der Waals surface area contributed by atoms with Gasteiger partial charge in [0.2, 0.25) is 0 Å². The Balaban J connectivity index is 2.54. The van der Waals surface area contributed by atoms with Gasteiger partial charge in [-0.2, -0.15) is 0 Å². The van der Waals surface area contributed by atoms with Gasteiger partial charge in [0.25, 0.3) is 0 Å². The van der Waals surface area contributed by atoms with E-state index in [2.05, 4.69) is 6.92 Å². The first-order valence-electron chi connectivity index (χ1n) is 6.45. The predicted octanol–water partition coefficient (Wildman–Crippen LogP) is 2.88. The maximum atomic E-state index is 10.5. The van der Waals surface area contributed by atoms with Crippen molar-refractivity contribution >= 4 is 0 Å². The molecule has 3 nitrogen and oxygen atoms in total. The van der Waals surface area contributed by atoms with Crippen molar-refractivity contribution in [3.8, 4) is 0 Å². The summed E-state index contributed by atoms with van der Waals surface area (Å²) in [6, 6.07) is 0. The summed E-state index contributed by atoms with van der Waals surface area (Å²) in [5.74, 6) is 0.745. The molecule has 1 fully saturated rings. The molecule has 0 aromatic heterocycles. The molecule has 0 aliphatic heterocycles. The Morgan fingerprint density at radius 3 is 2.35 bits per heavy atom. The minimum absolute atomic E-state index is 0.211. The van der Waals surface area contributed by atoms with Gasteiger partial charge in [-0.1, -0.05) is 18.6 Å². The zero-order valence-electron chi connectivity index (χ0n) is 11.5. The molecule has 1 N–H and O–H groups in total. The second kappa shape index (κ2) is 6.53. The Morgan fingerprint density at radius 1 is 1.35 bits per heavy atom. The van der Waals surface area contributed by atoms with E-state index < -0.39 is 5.60 Å². The molecule has 1 rings (SSSR count). The Kier molecular flexibility index (Phi) is 5.63. The largest absolute Gasteiger partial charge is 0.386 e. The molecule has 100 valence electrons. The first-order valence-corrected chi connectivity index (χ1v) is 6.45. The van der Waals surface area contributed by atoms with Crippen molar-refractivity contribution in [2.24, 2.45) is 5.92 Å². The Labute approximate surface area is 105 Å². The van der Waals surface area contributed by atoms with E-state index in [1.807, 2.05) is 13.0 Å². The number of methoxy groups -OCH3 is 2. The van der Waals surface area contributed by atoms with Crippen molar-refractivity contribution in [1.82, 2.24) is 0 Å². The molecule has 3 heteroatoms. The van der Waals surface area contributed by atoms with Crippen molar-refractivity contribution in [1.29, 1.82) is 0 Å². The molecule has 0 radical (unpaired) electrons. The van der Waals surface area contributed by atoms with Crippen LogP contribution in [-0.4, -0.2) is 31.2 Å². The van der Waals surface area contributed by atoms with Crippen LogP contribution in [0.3, 0.4) is 0 Å². The fraction of sp³-hybridized carbons (Fsp3) is 0.857. The number of hydrogen-bond acceptors (Lipinski definition) is 3. The molecule has 1 aliphatic carbocycles. The third-order valence-corrected chi connectivity index (χ3v) is 3.67. The van der Waals surface area contributed by atoms with Gasteiger partial charge in [0.05, 0.1) is 5.60 Å². The van der Waals surface area contributed by atoms with Gasteiger partial charge in [-0.05, 0) is 38.5 Å². The lowest BCUT2D eigenvalue weighted by Crippen LogP contribution is -2.31. The number of ether oxygens (including phenoxy) is 2. The van der Waals surface area contributed by atoms with Gasteiger partial charge in [-0.15, -0.1) is 0 Å². The molecule has 0 amide bonds. The second-order valence-corrected chi connectivity index (χ2v) is 5.38. The predicted molar refractivity (Wildman–Crippen MR) is 68.8 cm³/mol. The van der Waals surface area contributed by atoms with Crippen LogP contribution in [0.5, 0.6) is 0 Å². The second-order valence-electron chi connectivity index (χ2n) is 5.38. The molecule has 0 aromatic carbocycles. The number of rotatable bonds is 5. The SMILES string of the molecule is COC(C/C(C)=C\C1(O)CCC(C)CC1)OC. The summed E-state index contributed by atoms with van der Waals surface area (Å²) < 4.78 is 10.3. The summed E-state index contributed by atoms with van der Waals surface area (Å²) in [4.78, 5) is 0. The topological polar surface area (TPSA) is 38.7 Å². The molecule has 0 unspecified atom stereocenters. The van der Waals surface area contributed by atoms with Gasteiger partial charge in [-0.25, -0.2) is 0 Å². The van der Waals surface area contributed by atoms with Gasteiger partial charge in [0.15, 0.2) is 6.29 Å². The molecule has 1 aliphatic rings. The third-order valence-electron chi connectivity index (χ3n) is 3.67. The van der Waals surface area contributed by atoms with E-state index in [1.54, 1.807) is 14.2 Å². The highest BCUT2D eigenvalue weighted by Crippen LogP contribution is 2.33. The summed E-state index contributed by atoms with van der Waals surface area (Å²) in [5.41, 5.74) is 0.526. The summed E-state index contributed by atoms with van der Waals surface area (Å²) in [6.45, 7) is 4.28. The van der Waals surface area contributed by atoms with E-state index in [0.29, 0.717) is 6.42 Å². The first-order chi connectivity index (χ1) is 7.99. The van der Waals surface area contributed by atoms with Crippen LogP contribution < -0.4 is 0 Å². The first kappa shape index (κ1) is 14.7. The van der Waals surface area contributed by atoms with Crippen LogP contribution in [-0.2, 0) is 9.47 Å². The van der Waals surface area contributed by atoms with Crippen LogP contribution in [0.15, 0.2) is 11.6 Å². The highest BCUT2D eigenvalue weighted by Gasteiger charge is 2.29. The van der Waals surface area contributed by atoms with Crippen LogP contribution in [0.25, 0.3) is 0 Å². The smallest absolute Gasteiger partial charge is 0.160 e. The number of hydrogen-bond donors (Lipinski definition) is 1. The van der Waals surface area contributed by atoms with E-state index >= 15 is 0 Å². The summed E-state index contributed by atoms with van der Waals surface area (Å²) in [7, 11) is 3.27. The van der Waals surface area contributed by atoms with Crippen molar-refractivity contribution in [3.05, 3.63) is 11.6 Å². The van der Waals surface area contributed by atoms with Crippen molar-refractivity contribution in [2.75, 3.05) is 14.2 Å². The van der Waals surface area contributed by atoms with E-state index in [9.17, 15) is 5.11 Å². The maximum Gasteiger partial charge on any atom is 0.160 e. The molecular formula is C14H26O3. The van der Waals surface area contributed by atoms with Crippen LogP contribution >= 0.6 is 0 Å². The number of aliphatic hydroxyl groups is 1. The van der Waals surface area contributed by atoms with E-state index in [0.717, 1.165) is 37.2 Å². The minimum atomic E-state index is -0.609. The summed E-state index contributed by atoms with van der Waals surface area (Å²) in [6.07, 6.45) is 6.47. The Morgan fingerprint density at radius 2 is 1.88 bits per heavy atom. The Bertz CT molecular complexity index is 248. The lowest BCUT2D eigenvalue weighted by Gasteiger charge is -2.33. The van der Waals surface area contributed by atoms with Gasteiger partial charge >= 0.3 is 0 Å². The van der Waals surface area contributed by atoms with Crippen molar-refractivity contribution in [3.63, 3.8) is 0 Å². The average molecular weight is 242 g/mol. The lowest BCUT2D eigenvalue weighted by molar-refractivity contribution is -0.100. The zero-order chi connectivity index (χ0) is 12.9. The van der Waals surface area contributed by atoms with Crippen molar-refractivity contribution < 1.29 is 14.6 Å². The third kappa shape index (κ3) is 4.78. The fourth-order valence-electron chi connectivity index (χ4n) is 2.45. The van der Waals surface area contributed by atoms with E-state index in [1.165, 1.54) is 0 Å². The maximum absolute atomic E-state index is 10.5. The van der Waals surface area contributed by atoms with Crippen LogP contribution in [0.4, 0.5) is 0 Å². The highest BCUT2D eigenvalue weighted by molar-refractivity contribution is 5.10. The molecule has 0 bridgehead atoms. The lowest BCUT2D eigenvalue weighted by atomic mass is 9.78. The average Bonchev–Trinajstić information content (AvgIpc) is 2.30. The molecule has 1 saturated carbocycles. The van der Waals surface area contributed by atoms with Gasteiger partial charge in [0, 0.05) is 20.6 Å². The van der Waals surface area contributed by atoms with Gasteiger partial charge in [0.1, 0.15) is 0 Å².